The molecular weight excluding hydrogens is 213 g/mol. The molecule has 0 atom stereocenters. The van der Waals surface area contributed by atoms with E-state index in [-0.39, 0.29) is 11.4 Å². The molecule has 0 spiro atoms. The molecule has 0 aliphatic carbocycles. The van der Waals surface area contributed by atoms with E-state index in [4.69, 9.17) is 0 Å². The number of hydrogen-bond acceptors (Lipinski definition) is 1. The zero-order chi connectivity index (χ0) is 13.1. The normalized spacial score (nSPS) is 12.8. The molecule has 0 aliphatic heterocycles. The molecule has 0 radical (unpaired) electrons. The van der Waals surface area contributed by atoms with Gasteiger partial charge in [0.25, 0.3) is 0 Å². The summed E-state index contributed by atoms with van der Waals surface area (Å²) in [6.07, 6.45) is 1.08. The highest BCUT2D eigenvalue weighted by Crippen LogP contribution is 2.27. The second-order valence-corrected chi connectivity index (χ2v) is 6.60. The molecule has 1 rings (SSSR count). The van der Waals surface area contributed by atoms with Crippen LogP contribution in [0.15, 0.2) is 24.3 Å². The number of benzene rings is 1. The van der Waals surface area contributed by atoms with Crippen LogP contribution in [0.4, 0.5) is 4.39 Å². The van der Waals surface area contributed by atoms with Gasteiger partial charge >= 0.3 is 0 Å². The fraction of sp³-hybridized carbons (Fsp3) is 0.600. The summed E-state index contributed by atoms with van der Waals surface area (Å²) in [4.78, 5) is 0. The molecule has 96 valence electrons. The van der Waals surface area contributed by atoms with Gasteiger partial charge in [-0.1, -0.05) is 32.9 Å². The summed E-state index contributed by atoms with van der Waals surface area (Å²) in [5.41, 5.74) is 1.34. The van der Waals surface area contributed by atoms with Crippen LogP contribution in [0.3, 0.4) is 0 Å². The van der Waals surface area contributed by atoms with Crippen LogP contribution in [0.2, 0.25) is 0 Å². The van der Waals surface area contributed by atoms with Crippen LogP contribution in [0.1, 0.15) is 46.6 Å². The monoisotopic (exact) mass is 237 g/mol. The highest BCUT2D eigenvalue weighted by atomic mass is 19.1. The molecule has 0 saturated carbocycles. The lowest BCUT2D eigenvalue weighted by molar-refractivity contribution is 0.240. The van der Waals surface area contributed by atoms with Crippen molar-refractivity contribution in [1.82, 2.24) is 5.32 Å². The first kappa shape index (κ1) is 14.2. The Bertz CT molecular complexity index is 363. The maximum Gasteiger partial charge on any atom is 0.123 e. The minimum absolute atomic E-state index is 0.0601. The van der Waals surface area contributed by atoms with Crippen LogP contribution in [0, 0.1) is 11.2 Å². The fourth-order valence-electron chi connectivity index (χ4n) is 2.38. The van der Waals surface area contributed by atoms with Crippen LogP contribution in [-0.4, -0.2) is 5.54 Å². The Hall–Kier alpha value is -0.890. The molecule has 1 aromatic carbocycles. The van der Waals surface area contributed by atoms with Gasteiger partial charge in [0.15, 0.2) is 0 Å². The quantitative estimate of drug-likeness (QED) is 0.830. The molecule has 1 aromatic rings. The zero-order valence-electron chi connectivity index (χ0n) is 11.6. The summed E-state index contributed by atoms with van der Waals surface area (Å²) in [5.74, 6) is -0.169. The van der Waals surface area contributed by atoms with Gasteiger partial charge in [0.1, 0.15) is 5.82 Å². The largest absolute Gasteiger partial charge is 0.308 e. The van der Waals surface area contributed by atoms with Crippen LogP contribution in [0.25, 0.3) is 0 Å². The van der Waals surface area contributed by atoms with E-state index in [1.807, 2.05) is 6.07 Å². The molecule has 0 fully saturated rings. The van der Waals surface area contributed by atoms with E-state index < -0.39 is 0 Å². The Morgan fingerprint density at radius 2 is 1.76 bits per heavy atom. The third kappa shape index (κ3) is 5.83. The predicted molar refractivity (Wildman–Crippen MR) is 71.4 cm³/mol. The van der Waals surface area contributed by atoms with E-state index in [1.165, 1.54) is 6.07 Å². The molecule has 0 aliphatic rings. The molecule has 0 heterocycles. The summed E-state index contributed by atoms with van der Waals surface area (Å²) in [6, 6.07) is 6.76. The van der Waals surface area contributed by atoms with Crippen LogP contribution in [-0.2, 0) is 6.54 Å². The van der Waals surface area contributed by atoms with Gasteiger partial charge in [-0.2, -0.15) is 0 Å². The SMILES string of the molecule is CC(C)(C)CC(C)(C)NCc1cccc(F)c1. The highest BCUT2D eigenvalue weighted by Gasteiger charge is 2.24. The minimum Gasteiger partial charge on any atom is -0.308 e. The second-order valence-electron chi connectivity index (χ2n) is 6.60. The minimum atomic E-state index is -0.169. The fourth-order valence-corrected chi connectivity index (χ4v) is 2.38. The maximum absolute atomic E-state index is 13.0. The van der Waals surface area contributed by atoms with E-state index in [0.29, 0.717) is 12.0 Å². The molecule has 1 N–H and O–H groups in total. The predicted octanol–water partition coefficient (Wildman–Crippen LogP) is 4.13. The first-order chi connectivity index (χ1) is 7.68. The number of nitrogens with one attached hydrogen (secondary N) is 1. The van der Waals surface area contributed by atoms with E-state index in [9.17, 15) is 4.39 Å². The van der Waals surface area contributed by atoms with Gasteiger partial charge < -0.3 is 5.32 Å². The molecule has 0 bridgehead atoms. The first-order valence-electron chi connectivity index (χ1n) is 6.17. The van der Waals surface area contributed by atoms with Crippen molar-refractivity contribution in [2.24, 2.45) is 5.41 Å². The van der Waals surface area contributed by atoms with E-state index >= 15 is 0 Å². The van der Waals surface area contributed by atoms with Crippen molar-refractivity contribution in [3.05, 3.63) is 35.6 Å². The number of rotatable bonds is 4. The Morgan fingerprint density at radius 3 is 2.29 bits per heavy atom. The Morgan fingerprint density at radius 1 is 1.12 bits per heavy atom. The second kappa shape index (κ2) is 5.18. The topological polar surface area (TPSA) is 12.0 Å². The Labute approximate surface area is 104 Å². The molecule has 1 nitrogen and oxygen atoms in total. The molecule has 0 aromatic heterocycles. The van der Waals surface area contributed by atoms with Crippen LogP contribution in [0.5, 0.6) is 0 Å². The molecule has 17 heavy (non-hydrogen) atoms. The van der Waals surface area contributed by atoms with Gasteiger partial charge in [0.2, 0.25) is 0 Å². The Kier molecular flexibility index (Phi) is 4.31. The summed E-state index contributed by atoms with van der Waals surface area (Å²) >= 11 is 0. The van der Waals surface area contributed by atoms with Crippen molar-refractivity contribution < 1.29 is 4.39 Å². The summed E-state index contributed by atoms with van der Waals surface area (Å²) < 4.78 is 13.0. The van der Waals surface area contributed by atoms with Crippen LogP contribution >= 0.6 is 0 Å². The highest BCUT2D eigenvalue weighted by molar-refractivity contribution is 5.16. The molecule has 0 saturated heterocycles. The third-order valence-electron chi connectivity index (χ3n) is 2.63. The lowest BCUT2D eigenvalue weighted by Gasteiger charge is -2.33. The van der Waals surface area contributed by atoms with E-state index in [0.717, 1.165) is 12.0 Å². The average Bonchev–Trinajstić information content (AvgIpc) is 2.11. The van der Waals surface area contributed by atoms with E-state index in [2.05, 4.69) is 39.9 Å². The standard InChI is InChI=1S/C15H24FN/c1-14(2,3)11-15(4,5)17-10-12-7-6-8-13(16)9-12/h6-9,17H,10-11H2,1-5H3. The van der Waals surface area contributed by atoms with Crippen molar-refractivity contribution in [1.29, 1.82) is 0 Å². The van der Waals surface area contributed by atoms with Gasteiger partial charge in [-0.15, -0.1) is 0 Å². The van der Waals surface area contributed by atoms with Crippen molar-refractivity contribution in [2.75, 3.05) is 0 Å². The van der Waals surface area contributed by atoms with Gasteiger partial charge in [-0.25, -0.2) is 4.39 Å². The first-order valence-corrected chi connectivity index (χ1v) is 6.17. The summed E-state index contributed by atoms with van der Waals surface area (Å²) in [6.45, 7) is 11.8. The van der Waals surface area contributed by atoms with Crippen LogP contribution < -0.4 is 5.32 Å². The van der Waals surface area contributed by atoms with Crippen molar-refractivity contribution >= 4 is 0 Å². The lowest BCUT2D eigenvalue weighted by Crippen LogP contribution is -2.41. The molecular formula is C15H24FN. The van der Waals surface area contributed by atoms with Crippen molar-refractivity contribution in [3.63, 3.8) is 0 Å². The van der Waals surface area contributed by atoms with Gasteiger partial charge in [0.05, 0.1) is 0 Å². The summed E-state index contributed by atoms with van der Waals surface area (Å²) in [7, 11) is 0. The zero-order valence-corrected chi connectivity index (χ0v) is 11.6. The average molecular weight is 237 g/mol. The maximum atomic E-state index is 13.0. The van der Waals surface area contributed by atoms with Crippen molar-refractivity contribution in [3.8, 4) is 0 Å². The van der Waals surface area contributed by atoms with Gasteiger partial charge in [-0.3, -0.25) is 0 Å². The van der Waals surface area contributed by atoms with Crippen molar-refractivity contribution in [2.45, 2.75) is 53.1 Å². The lowest BCUT2D eigenvalue weighted by atomic mass is 9.82. The summed E-state index contributed by atoms with van der Waals surface area (Å²) in [5, 5.41) is 3.49. The molecule has 0 unspecified atom stereocenters. The third-order valence-corrected chi connectivity index (χ3v) is 2.63. The Balaban J connectivity index is 2.55. The van der Waals surface area contributed by atoms with Gasteiger partial charge in [-0.05, 0) is 43.4 Å². The smallest absolute Gasteiger partial charge is 0.123 e. The molecule has 0 amide bonds. The van der Waals surface area contributed by atoms with Gasteiger partial charge in [0, 0.05) is 12.1 Å². The van der Waals surface area contributed by atoms with E-state index in [1.54, 1.807) is 12.1 Å². The number of hydrogen-bond donors (Lipinski definition) is 1. The molecule has 2 heteroatoms. The number of halogens is 1.